The number of carbonyl (C=O) groups excluding carboxylic acids is 2. The van der Waals surface area contributed by atoms with Crippen molar-refractivity contribution >= 4 is 29.0 Å². The van der Waals surface area contributed by atoms with E-state index in [1.165, 1.54) is 21.9 Å². The van der Waals surface area contributed by atoms with Gasteiger partial charge in [-0.05, 0) is 43.7 Å². The number of hydrogen-bond acceptors (Lipinski definition) is 10. The highest BCUT2D eigenvalue weighted by molar-refractivity contribution is 5.83. The van der Waals surface area contributed by atoms with Gasteiger partial charge in [-0.1, -0.05) is 0 Å². The number of anilines is 1. The molecule has 2 aliphatic heterocycles. The van der Waals surface area contributed by atoms with Gasteiger partial charge in [-0.15, -0.1) is 0 Å². The quantitative estimate of drug-likeness (QED) is 0.333. The first kappa shape index (κ1) is 27.2. The second-order valence-electron chi connectivity index (χ2n) is 10.6. The normalized spacial score (nSPS) is 25.0. The third-order valence-electron chi connectivity index (χ3n) is 7.63. The van der Waals surface area contributed by atoms with Gasteiger partial charge in [-0.3, -0.25) is 9.36 Å². The number of halogens is 2. The minimum Gasteiger partial charge on any atom is -0.410 e. The van der Waals surface area contributed by atoms with Gasteiger partial charge in [0.25, 0.3) is 5.91 Å². The van der Waals surface area contributed by atoms with Crippen molar-refractivity contribution < 1.29 is 38.1 Å². The number of rotatable bonds is 6. The van der Waals surface area contributed by atoms with Crippen LogP contribution in [0.2, 0.25) is 0 Å². The van der Waals surface area contributed by atoms with Crippen molar-refractivity contribution in [1.82, 2.24) is 29.7 Å². The number of piperidine rings is 1. The fraction of sp³-hybridized carbons (Fsp3) is 0.500. The largest absolute Gasteiger partial charge is 0.415 e. The van der Waals surface area contributed by atoms with Crippen molar-refractivity contribution in [2.75, 3.05) is 18.8 Å². The first-order valence-corrected chi connectivity index (χ1v) is 13.4. The van der Waals surface area contributed by atoms with Crippen molar-refractivity contribution in [3.63, 3.8) is 0 Å². The van der Waals surface area contributed by atoms with Gasteiger partial charge in [0.1, 0.15) is 29.3 Å². The number of aliphatic hydroxyl groups is 2. The molecule has 4 heterocycles. The van der Waals surface area contributed by atoms with E-state index in [4.69, 9.17) is 15.2 Å². The monoisotopic (exact) mass is 573 g/mol. The Kier molecular flexibility index (Phi) is 7.17. The SMILES string of the molecule is Nc1nc(CC2CCN(C(=O)Oc3ccc(F)c(F)c3)CC2)nc2c1ncn2[C@@H]1O[C@H](C(=O)NC2CC2)C(O)C1O. The molecule has 0 bridgehead atoms. The van der Waals surface area contributed by atoms with Crippen LogP contribution in [0.1, 0.15) is 37.7 Å². The van der Waals surface area contributed by atoms with E-state index in [-0.39, 0.29) is 23.5 Å². The topological polar surface area (TPSA) is 178 Å². The number of nitrogens with one attached hydrogen (secondary N) is 1. The first-order valence-electron chi connectivity index (χ1n) is 13.4. The number of benzene rings is 1. The number of aliphatic hydroxyl groups excluding tert-OH is 2. The average Bonchev–Trinajstić information content (AvgIpc) is 3.58. The Morgan fingerprint density at radius 2 is 1.85 bits per heavy atom. The van der Waals surface area contributed by atoms with Crippen molar-refractivity contribution in [3.8, 4) is 5.75 Å². The second-order valence-corrected chi connectivity index (χ2v) is 10.6. The number of ether oxygens (including phenoxy) is 2. The summed E-state index contributed by atoms with van der Waals surface area (Å²) in [5.74, 6) is -2.02. The molecule has 1 saturated carbocycles. The zero-order chi connectivity index (χ0) is 28.8. The minimum absolute atomic E-state index is 0.0653. The molecule has 15 heteroatoms. The maximum absolute atomic E-state index is 13.4. The smallest absolute Gasteiger partial charge is 0.410 e. The highest BCUT2D eigenvalue weighted by Crippen LogP contribution is 2.33. The summed E-state index contributed by atoms with van der Waals surface area (Å²) in [7, 11) is 0. The standard InChI is InChI=1S/C26H29F2N7O6/c27-15-4-3-14(10-16(15)28)40-26(39)34-7-5-12(6-8-34)9-17-32-22(29)18-23(33-17)35(11-30-18)25-20(37)19(36)21(41-25)24(38)31-13-1-2-13/h3-4,10-13,19-21,25,36-37H,1-2,5-9H2,(H,31,38)(H2,29,32,33)/t19?,20?,21-,25+/m0/s1. The Bertz CT molecular complexity index is 1480. The molecule has 1 aliphatic carbocycles. The van der Waals surface area contributed by atoms with Crippen molar-refractivity contribution in [1.29, 1.82) is 0 Å². The predicted octanol–water partition coefficient (Wildman–Crippen LogP) is 1.04. The van der Waals surface area contributed by atoms with Gasteiger partial charge >= 0.3 is 6.09 Å². The molecule has 2 unspecified atom stereocenters. The molecule has 3 aliphatic rings. The number of carbonyl (C=O) groups is 2. The predicted molar refractivity (Wildman–Crippen MR) is 137 cm³/mol. The lowest BCUT2D eigenvalue weighted by Gasteiger charge is -2.31. The zero-order valence-electron chi connectivity index (χ0n) is 21.8. The van der Waals surface area contributed by atoms with Gasteiger partial charge in [-0.2, -0.15) is 0 Å². The average molecular weight is 574 g/mol. The van der Waals surface area contributed by atoms with Crippen molar-refractivity contribution in [3.05, 3.63) is 42.0 Å². The third-order valence-corrected chi connectivity index (χ3v) is 7.63. The van der Waals surface area contributed by atoms with E-state index in [2.05, 4.69) is 20.3 Å². The number of nitrogens with two attached hydrogens (primary N) is 1. The van der Waals surface area contributed by atoms with E-state index in [9.17, 15) is 28.6 Å². The van der Waals surface area contributed by atoms with Crippen LogP contribution in [0.25, 0.3) is 11.2 Å². The highest BCUT2D eigenvalue weighted by Gasteiger charge is 2.48. The Morgan fingerprint density at radius 1 is 1.10 bits per heavy atom. The van der Waals surface area contributed by atoms with Crippen LogP contribution in [-0.4, -0.2) is 84.1 Å². The van der Waals surface area contributed by atoms with Gasteiger partial charge in [0, 0.05) is 31.6 Å². The molecule has 3 fully saturated rings. The van der Waals surface area contributed by atoms with Gasteiger partial charge in [0.2, 0.25) is 0 Å². The number of amides is 2. The van der Waals surface area contributed by atoms with E-state index in [0.717, 1.165) is 25.0 Å². The van der Waals surface area contributed by atoms with E-state index in [0.29, 0.717) is 49.3 Å². The van der Waals surface area contributed by atoms with Gasteiger partial charge in [-0.25, -0.2) is 28.5 Å². The van der Waals surface area contributed by atoms with E-state index >= 15 is 0 Å². The molecule has 2 amide bonds. The van der Waals surface area contributed by atoms with Crippen LogP contribution in [0, 0.1) is 17.6 Å². The Morgan fingerprint density at radius 3 is 2.56 bits per heavy atom. The summed E-state index contributed by atoms with van der Waals surface area (Å²) < 4.78 is 38.9. The first-order chi connectivity index (χ1) is 19.7. The number of fused-ring (bicyclic) bond motifs is 1. The molecular formula is C26H29F2N7O6. The summed E-state index contributed by atoms with van der Waals surface area (Å²) >= 11 is 0. The molecule has 3 aromatic rings. The molecule has 218 valence electrons. The van der Waals surface area contributed by atoms with Crippen molar-refractivity contribution in [2.24, 2.45) is 5.92 Å². The summed E-state index contributed by atoms with van der Waals surface area (Å²) in [4.78, 5) is 39.7. The van der Waals surface area contributed by atoms with Gasteiger partial charge < -0.3 is 35.6 Å². The fourth-order valence-electron chi connectivity index (χ4n) is 5.16. The van der Waals surface area contributed by atoms with E-state index in [1.54, 1.807) is 0 Å². The minimum atomic E-state index is -1.44. The highest BCUT2D eigenvalue weighted by atomic mass is 19.2. The van der Waals surface area contributed by atoms with Crippen LogP contribution < -0.4 is 15.8 Å². The van der Waals surface area contributed by atoms with Crippen LogP contribution >= 0.6 is 0 Å². The molecule has 13 nitrogen and oxygen atoms in total. The molecule has 2 saturated heterocycles. The summed E-state index contributed by atoms with van der Waals surface area (Å²) in [6, 6.07) is 2.97. The van der Waals surface area contributed by atoms with Crippen molar-refractivity contribution in [2.45, 2.75) is 62.7 Å². The lowest BCUT2D eigenvalue weighted by molar-refractivity contribution is -0.137. The van der Waals surface area contributed by atoms with Gasteiger partial charge in [0.05, 0.1) is 6.33 Å². The fourth-order valence-corrected chi connectivity index (χ4v) is 5.16. The molecule has 5 N–H and O–H groups in total. The lowest BCUT2D eigenvalue weighted by atomic mass is 9.93. The maximum Gasteiger partial charge on any atom is 0.415 e. The zero-order valence-corrected chi connectivity index (χ0v) is 21.8. The number of hydrogen-bond donors (Lipinski definition) is 4. The summed E-state index contributed by atoms with van der Waals surface area (Å²) in [6.07, 6.45) is -1.07. The van der Waals surface area contributed by atoms with Crippen LogP contribution in [0.5, 0.6) is 5.75 Å². The van der Waals surface area contributed by atoms with Crippen LogP contribution in [0.15, 0.2) is 24.5 Å². The molecule has 0 radical (unpaired) electrons. The number of imidazole rings is 1. The number of nitrogens with zero attached hydrogens (tertiary/aromatic N) is 5. The number of likely N-dealkylation sites (tertiary alicyclic amines) is 1. The summed E-state index contributed by atoms with van der Waals surface area (Å²) in [6.45, 7) is 0.764. The second kappa shape index (κ2) is 10.8. The van der Waals surface area contributed by atoms with Crippen LogP contribution in [0.4, 0.5) is 19.4 Å². The summed E-state index contributed by atoms with van der Waals surface area (Å²) in [5.41, 5.74) is 6.75. The molecule has 0 spiro atoms. The number of nitrogen functional groups attached to an aromatic ring is 1. The molecular weight excluding hydrogens is 544 g/mol. The van der Waals surface area contributed by atoms with Crippen LogP contribution in [-0.2, 0) is 16.0 Å². The van der Waals surface area contributed by atoms with E-state index < -0.39 is 48.2 Å². The molecule has 1 aromatic carbocycles. The van der Waals surface area contributed by atoms with E-state index in [1.807, 2.05) is 0 Å². The lowest BCUT2D eigenvalue weighted by Crippen LogP contribution is -2.43. The summed E-state index contributed by atoms with van der Waals surface area (Å²) in [5, 5.41) is 24.0. The Labute approximate surface area is 232 Å². The Balaban J connectivity index is 1.11. The molecule has 2 aromatic heterocycles. The third kappa shape index (κ3) is 5.52. The maximum atomic E-state index is 13.4. The molecule has 6 rings (SSSR count). The van der Waals surface area contributed by atoms with Gasteiger partial charge in [0.15, 0.2) is 35.4 Å². The Hall–Kier alpha value is -3.95. The number of aromatic nitrogens is 4. The van der Waals surface area contributed by atoms with Crippen LogP contribution in [0.3, 0.4) is 0 Å². The molecule has 4 atom stereocenters. The molecule has 41 heavy (non-hydrogen) atoms.